The van der Waals surface area contributed by atoms with Crippen molar-refractivity contribution in [2.75, 3.05) is 25.1 Å². The van der Waals surface area contributed by atoms with Crippen molar-refractivity contribution in [2.45, 2.75) is 25.8 Å². The van der Waals surface area contributed by atoms with Crippen LogP contribution in [0.3, 0.4) is 0 Å². The molecule has 3 rings (SSSR count). The molecule has 0 saturated carbocycles. The zero-order chi connectivity index (χ0) is 19.4. The maximum Gasteiger partial charge on any atom is 0.225 e. The van der Waals surface area contributed by atoms with E-state index < -0.39 is 5.82 Å². The van der Waals surface area contributed by atoms with Gasteiger partial charge in [0.25, 0.3) is 0 Å². The van der Waals surface area contributed by atoms with Gasteiger partial charge >= 0.3 is 0 Å². The first-order valence-electron chi connectivity index (χ1n) is 8.86. The van der Waals surface area contributed by atoms with Crippen molar-refractivity contribution in [3.05, 3.63) is 46.9 Å². The SMILES string of the molecule is COc1ccc(C(C)NC(=O)C2CCCN(c3ccc(Cl)nn3)C2)cc1F. The summed E-state index contributed by atoms with van der Waals surface area (Å²) in [4.78, 5) is 14.7. The number of hydrogen-bond donors (Lipinski definition) is 1. The lowest BCUT2D eigenvalue weighted by atomic mass is 9.96. The Bertz CT molecular complexity index is 803. The van der Waals surface area contributed by atoms with Gasteiger partial charge in [-0.2, -0.15) is 0 Å². The minimum absolute atomic E-state index is 0.0506. The average molecular weight is 393 g/mol. The van der Waals surface area contributed by atoms with Gasteiger partial charge in [0.1, 0.15) is 0 Å². The van der Waals surface area contributed by atoms with Crippen LogP contribution in [0.2, 0.25) is 5.15 Å². The van der Waals surface area contributed by atoms with Crippen LogP contribution in [-0.4, -0.2) is 36.3 Å². The summed E-state index contributed by atoms with van der Waals surface area (Å²) >= 11 is 5.78. The Balaban J connectivity index is 1.63. The second-order valence-corrected chi connectivity index (χ2v) is 7.01. The zero-order valence-corrected chi connectivity index (χ0v) is 16.0. The Morgan fingerprint density at radius 3 is 2.85 bits per heavy atom. The fourth-order valence-electron chi connectivity index (χ4n) is 3.24. The second-order valence-electron chi connectivity index (χ2n) is 6.62. The molecule has 1 fully saturated rings. The number of nitrogens with one attached hydrogen (secondary N) is 1. The normalized spacial score (nSPS) is 18.1. The van der Waals surface area contributed by atoms with Crippen molar-refractivity contribution < 1.29 is 13.9 Å². The lowest BCUT2D eigenvalue weighted by Gasteiger charge is -2.33. The van der Waals surface area contributed by atoms with E-state index >= 15 is 0 Å². The molecule has 1 aliphatic rings. The number of methoxy groups -OCH3 is 1. The van der Waals surface area contributed by atoms with E-state index in [1.165, 1.54) is 13.2 Å². The van der Waals surface area contributed by atoms with E-state index in [4.69, 9.17) is 16.3 Å². The minimum Gasteiger partial charge on any atom is -0.494 e. The van der Waals surface area contributed by atoms with Crippen LogP contribution < -0.4 is 15.0 Å². The van der Waals surface area contributed by atoms with Gasteiger partial charge in [0.15, 0.2) is 22.5 Å². The number of halogens is 2. The number of rotatable bonds is 5. The number of carbonyl (C=O) groups is 1. The van der Waals surface area contributed by atoms with E-state index in [1.807, 2.05) is 11.8 Å². The molecule has 2 heterocycles. The summed E-state index contributed by atoms with van der Waals surface area (Å²) in [6.07, 6.45) is 1.68. The van der Waals surface area contributed by atoms with Gasteiger partial charge in [0.2, 0.25) is 5.91 Å². The molecule has 1 amide bonds. The Morgan fingerprint density at radius 1 is 1.37 bits per heavy atom. The minimum atomic E-state index is -0.443. The van der Waals surface area contributed by atoms with Crippen LogP contribution in [-0.2, 0) is 4.79 Å². The molecule has 1 aromatic carbocycles. The molecule has 6 nitrogen and oxygen atoms in total. The molecule has 0 spiro atoms. The Labute approximate surface area is 162 Å². The maximum atomic E-state index is 13.9. The molecule has 1 aromatic heterocycles. The van der Waals surface area contributed by atoms with Crippen LogP contribution in [0.15, 0.2) is 30.3 Å². The van der Waals surface area contributed by atoms with E-state index in [0.29, 0.717) is 23.1 Å². The number of carbonyl (C=O) groups excluding carboxylic acids is 1. The van der Waals surface area contributed by atoms with Crippen LogP contribution >= 0.6 is 11.6 Å². The smallest absolute Gasteiger partial charge is 0.225 e. The number of benzene rings is 1. The predicted molar refractivity (Wildman–Crippen MR) is 101 cm³/mol. The molecule has 144 valence electrons. The molecule has 27 heavy (non-hydrogen) atoms. The lowest BCUT2D eigenvalue weighted by Crippen LogP contribution is -2.44. The summed E-state index contributed by atoms with van der Waals surface area (Å²) in [5.41, 5.74) is 0.692. The summed E-state index contributed by atoms with van der Waals surface area (Å²) < 4.78 is 18.8. The van der Waals surface area contributed by atoms with Gasteiger partial charge in [-0.25, -0.2) is 4.39 Å². The number of aromatic nitrogens is 2. The highest BCUT2D eigenvalue weighted by Gasteiger charge is 2.27. The fraction of sp³-hybridized carbons (Fsp3) is 0.421. The highest BCUT2D eigenvalue weighted by atomic mass is 35.5. The van der Waals surface area contributed by atoms with Gasteiger partial charge in [-0.3, -0.25) is 4.79 Å². The summed E-state index contributed by atoms with van der Waals surface area (Å²) in [6.45, 7) is 3.22. The molecule has 2 unspecified atom stereocenters. The van der Waals surface area contributed by atoms with E-state index in [2.05, 4.69) is 15.5 Å². The van der Waals surface area contributed by atoms with Gasteiger partial charge < -0.3 is 15.0 Å². The predicted octanol–water partition coefficient (Wildman–Crippen LogP) is 3.37. The number of piperidine rings is 1. The third-order valence-electron chi connectivity index (χ3n) is 4.77. The first kappa shape index (κ1) is 19.4. The molecule has 1 N–H and O–H groups in total. The summed E-state index contributed by atoms with van der Waals surface area (Å²) in [6, 6.07) is 7.90. The van der Waals surface area contributed by atoms with E-state index in [-0.39, 0.29) is 23.6 Å². The van der Waals surface area contributed by atoms with Crippen molar-refractivity contribution in [1.82, 2.24) is 15.5 Å². The van der Waals surface area contributed by atoms with Crippen molar-refractivity contribution in [2.24, 2.45) is 5.92 Å². The van der Waals surface area contributed by atoms with Crippen molar-refractivity contribution >= 4 is 23.3 Å². The highest BCUT2D eigenvalue weighted by Crippen LogP contribution is 2.25. The fourth-order valence-corrected chi connectivity index (χ4v) is 3.34. The van der Waals surface area contributed by atoms with E-state index in [1.54, 1.807) is 24.3 Å². The van der Waals surface area contributed by atoms with Crippen molar-refractivity contribution in [1.29, 1.82) is 0 Å². The quantitative estimate of drug-likeness (QED) is 0.845. The Morgan fingerprint density at radius 2 is 2.19 bits per heavy atom. The number of ether oxygens (including phenoxy) is 1. The number of anilines is 1. The van der Waals surface area contributed by atoms with Crippen LogP contribution in [0.5, 0.6) is 5.75 Å². The zero-order valence-electron chi connectivity index (χ0n) is 15.3. The van der Waals surface area contributed by atoms with Gasteiger partial charge in [-0.05, 0) is 49.6 Å². The average Bonchev–Trinajstić information content (AvgIpc) is 2.68. The van der Waals surface area contributed by atoms with Gasteiger partial charge in [0, 0.05) is 13.1 Å². The van der Waals surface area contributed by atoms with Crippen molar-refractivity contribution in [3.63, 3.8) is 0 Å². The molecule has 1 aliphatic heterocycles. The molecule has 8 heteroatoms. The molecular formula is C19H22ClFN4O2. The summed E-state index contributed by atoms with van der Waals surface area (Å²) in [7, 11) is 1.42. The third-order valence-corrected chi connectivity index (χ3v) is 4.97. The second kappa shape index (κ2) is 8.52. The molecule has 2 aromatic rings. The van der Waals surface area contributed by atoms with Gasteiger partial charge in [0.05, 0.1) is 19.1 Å². The van der Waals surface area contributed by atoms with Crippen LogP contribution in [0, 0.1) is 11.7 Å². The number of hydrogen-bond acceptors (Lipinski definition) is 5. The largest absolute Gasteiger partial charge is 0.494 e. The first-order valence-corrected chi connectivity index (χ1v) is 9.23. The number of amides is 1. The van der Waals surface area contributed by atoms with Crippen LogP contribution in [0.25, 0.3) is 0 Å². The topological polar surface area (TPSA) is 67.3 Å². The lowest BCUT2D eigenvalue weighted by molar-refractivity contribution is -0.125. The molecule has 2 atom stereocenters. The monoisotopic (exact) mass is 392 g/mol. The van der Waals surface area contributed by atoms with Crippen LogP contribution in [0.1, 0.15) is 31.4 Å². The standard InChI is InChI=1S/C19H22ClFN4O2/c1-12(13-5-6-16(27-2)15(21)10-13)22-19(26)14-4-3-9-25(11-14)18-8-7-17(20)23-24-18/h5-8,10,12,14H,3-4,9,11H2,1-2H3,(H,22,26). The van der Waals surface area contributed by atoms with Gasteiger partial charge in [-0.15, -0.1) is 10.2 Å². The molecule has 0 aliphatic carbocycles. The highest BCUT2D eigenvalue weighted by molar-refractivity contribution is 6.29. The Hall–Kier alpha value is -2.41. The summed E-state index contributed by atoms with van der Waals surface area (Å²) in [5.74, 6) is 0.236. The van der Waals surface area contributed by atoms with Crippen molar-refractivity contribution in [3.8, 4) is 5.75 Å². The third kappa shape index (κ3) is 4.66. The first-order chi connectivity index (χ1) is 13.0. The molecule has 0 bridgehead atoms. The van der Waals surface area contributed by atoms with Crippen LogP contribution in [0.4, 0.5) is 10.2 Å². The number of nitrogens with zero attached hydrogens (tertiary/aromatic N) is 3. The van der Waals surface area contributed by atoms with E-state index in [9.17, 15) is 9.18 Å². The Kier molecular flexibility index (Phi) is 6.11. The molecular weight excluding hydrogens is 371 g/mol. The maximum absolute atomic E-state index is 13.9. The van der Waals surface area contributed by atoms with E-state index in [0.717, 1.165) is 19.4 Å². The molecule has 1 saturated heterocycles. The summed E-state index contributed by atoms with van der Waals surface area (Å²) in [5, 5.41) is 11.3. The molecule has 0 radical (unpaired) electrons. The van der Waals surface area contributed by atoms with Gasteiger partial charge in [-0.1, -0.05) is 17.7 Å².